The molecular formula is C15H19ClN2O. The fourth-order valence-electron chi connectivity index (χ4n) is 1.97. The van der Waals surface area contributed by atoms with Crippen LogP contribution in [-0.4, -0.2) is 24.2 Å². The van der Waals surface area contributed by atoms with E-state index in [1.54, 1.807) is 16.8 Å². The number of hydrogen-bond acceptors (Lipinski definition) is 3. The van der Waals surface area contributed by atoms with Crippen LogP contribution in [0.25, 0.3) is 0 Å². The lowest BCUT2D eigenvalue weighted by Gasteiger charge is -2.21. The fraction of sp³-hybridized carbons (Fsp3) is 0.533. The zero-order valence-corrected chi connectivity index (χ0v) is 12.2. The van der Waals surface area contributed by atoms with Crippen LogP contribution in [0.2, 0.25) is 0 Å². The van der Waals surface area contributed by atoms with E-state index in [1.165, 1.54) is 0 Å². The van der Waals surface area contributed by atoms with E-state index in [0.717, 1.165) is 37.3 Å². The molecule has 0 aromatic carbocycles. The van der Waals surface area contributed by atoms with Crippen LogP contribution in [0.3, 0.4) is 0 Å². The van der Waals surface area contributed by atoms with Gasteiger partial charge < -0.3 is 4.74 Å². The summed E-state index contributed by atoms with van der Waals surface area (Å²) in [4.78, 5) is 4.14. The van der Waals surface area contributed by atoms with Crippen LogP contribution in [0.5, 0.6) is 0 Å². The summed E-state index contributed by atoms with van der Waals surface area (Å²) in [5.41, 5.74) is 1.81. The normalized spacial score (nSPS) is 16.0. The molecule has 3 nitrogen and oxygen atoms in total. The van der Waals surface area contributed by atoms with Gasteiger partial charge in [0.05, 0.1) is 11.3 Å². The van der Waals surface area contributed by atoms with E-state index in [2.05, 4.69) is 16.8 Å². The quantitative estimate of drug-likeness (QED) is 0.613. The number of halogens is 1. The molecule has 1 aromatic rings. The molecule has 2 heterocycles. The number of ether oxygens (including phenoxy) is 1. The third-order valence-electron chi connectivity index (χ3n) is 3.11. The summed E-state index contributed by atoms with van der Waals surface area (Å²) in [6, 6.07) is 2.12. The molecule has 0 N–H and O–H groups in total. The highest BCUT2D eigenvalue weighted by Gasteiger charge is 2.13. The van der Waals surface area contributed by atoms with Gasteiger partial charge in [-0.2, -0.15) is 0 Å². The van der Waals surface area contributed by atoms with E-state index in [0.29, 0.717) is 5.92 Å². The van der Waals surface area contributed by atoms with Crippen LogP contribution in [0, 0.1) is 17.8 Å². The van der Waals surface area contributed by atoms with Gasteiger partial charge in [-0.3, -0.25) is 9.40 Å². The number of pyridine rings is 1. The first kappa shape index (κ1) is 14.2. The monoisotopic (exact) mass is 278 g/mol. The molecule has 19 heavy (non-hydrogen) atoms. The van der Waals surface area contributed by atoms with Crippen molar-refractivity contribution in [3.8, 4) is 11.8 Å². The summed E-state index contributed by atoms with van der Waals surface area (Å²) in [5, 5.41) is 0. The van der Waals surface area contributed by atoms with Crippen LogP contribution >= 0.6 is 11.8 Å². The summed E-state index contributed by atoms with van der Waals surface area (Å²) in [6.45, 7) is 5.71. The first-order valence-electron chi connectivity index (χ1n) is 6.67. The number of hydrogen-bond donors (Lipinski definition) is 0. The maximum Gasteiger partial charge on any atom is 0.0713 e. The van der Waals surface area contributed by atoms with E-state index < -0.39 is 0 Å². The van der Waals surface area contributed by atoms with E-state index >= 15 is 0 Å². The first-order chi connectivity index (χ1) is 9.18. The molecule has 0 spiro atoms. The van der Waals surface area contributed by atoms with Crippen molar-refractivity contribution in [1.29, 1.82) is 0 Å². The predicted molar refractivity (Wildman–Crippen MR) is 78.1 cm³/mol. The second kappa shape index (κ2) is 6.79. The van der Waals surface area contributed by atoms with Crippen LogP contribution in [0.1, 0.15) is 32.3 Å². The maximum absolute atomic E-state index is 6.29. The maximum atomic E-state index is 6.29. The van der Waals surface area contributed by atoms with Crippen molar-refractivity contribution < 1.29 is 4.74 Å². The fourth-order valence-corrected chi connectivity index (χ4v) is 2.12. The molecule has 0 bridgehead atoms. The molecule has 0 aliphatic carbocycles. The molecule has 2 rings (SSSR count). The van der Waals surface area contributed by atoms with Crippen LogP contribution < -0.4 is 4.42 Å². The summed E-state index contributed by atoms with van der Waals surface area (Å²) >= 11 is 6.29. The minimum Gasteiger partial charge on any atom is -0.381 e. The van der Waals surface area contributed by atoms with Gasteiger partial charge in [0.25, 0.3) is 0 Å². The molecule has 1 saturated heterocycles. The lowest BCUT2D eigenvalue weighted by molar-refractivity contribution is 0.0807. The third kappa shape index (κ3) is 3.86. The van der Waals surface area contributed by atoms with Gasteiger partial charge in [0.2, 0.25) is 0 Å². The lowest BCUT2D eigenvalue weighted by Crippen LogP contribution is -2.20. The number of nitrogens with zero attached hydrogens (tertiary/aromatic N) is 2. The Morgan fingerprint density at radius 3 is 2.84 bits per heavy atom. The Kier molecular flexibility index (Phi) is 5.07. The molecule has 1 aliphatic heterocycles. The topological polar surface area (TPSA) is 25.4 Å². The summed E-state index contributed by atoms with van der Waals surface area (Å²) in [7, 11) is 0. The van der Waals surface area contributed by atoms with Crippen molar-refractivity contribution in [2.24, 2.45) is 5.92 Å². The molecule has 0 atom stereocenters. The average Bonchev–Trinajstić information content (AvgIpc) is 2.45. The van der Waals surface area contributed by atoms with Gasteiger partial charge in [0.1, 0.15) is 0 Å². The second-order valence-corrected chi connectivity index (χ2v) is 5.32. The highest BCUT2D eigenvalue weighted by Crippen LogP contribution is 2.23. The largest absolute Gasteiger partial charge is 0.381 e. The van der Waals surface area contributed by atoms with Gasteiger partial charge >= 0.3 is 0 Å². The number of aromatic nitrogens is 1. The van der Waals surface area contributed by atoms with Crippen molar-refractivity contribution in [2.45, 2.75) is 32.7 Å². The van der Waals surface area contributed by atoms with Crippen molar-refractivity contribution in [1.82, 2.24) is 4.98 Å². The Morgan fingerprint density at radius 1 is 1.42 bits per heavy atom. The van der Waals surface area contributed by atoms with Gasteiger partial charge in [-0.25, -0.2) is 0 Å². The summed E-state index contributed by atoms with van der Waals surface area (Å²) < 4.78 is 7.04. The Balaban J connectivity index is 2.18. The minimum atomic E-state index is 0.215. The van der Waals surface area contributed by atoms with E-state index in [9.17, 15) is 0 Å². The van der Waals surface area contributed by atoms with Crippen molar-refractivity contribution >= 4 is 17.5 Å². The van der Waals surface area contributed by atoms with Crippen molar-refractivity contribution in [3.05, 3.63) is 24.0 Å². The molecular weight excluding hydrogens is 260 g/mol. The molecule has 0 amide bonds. The standard InChI is InChI=1S/C15H19ClN2O/c1-12(2)18(16)15-5-8-17-11-14(15)4-3-13-6-9-19-10-7-13/h5,8,11-13H,6-7,9-10H2,1-2H3. The first-order valence-corrected chi connectivity index (χ1v) is 7.00. The van der Waals surface area contributed by atoms with Crippen LogP contribution in [-0.2, 0) is 4.74 Å². The second-order valence-electron chi connectivity index (χ2n) is 4.95. The molecule has 0 saturated carbocycles. The van der Waals surface area contributed by atoms with E-state index in [1.807, 2.05) is 19.9 Å². The average molecular weight is 279 g/mol. The highest BCUT2D eigenvalue weighted by atomic mass is 35.5. The SMILES string of the molecule is CC(C)N(Cl)c1ccncc1C#CC1CCOCC1. The molecule has 0 radical (unpaired) electrons. The third-order valence-corrected chi connectivity index (χ3v) is 3.69. The molecule has 102 valence electrons. The minimum absolute atomic E-state index is 0.215. The van der Waals surface area contributed by atoms with Crippen LogP contribution in [0.4, 0.5) is 5.69 Å². The van der Waals surface area contributed by atoms with Gasteiger partial charge in [0, 0.05) is 49.3 Å². The van der Waals surface area contributed by atoms with E-state index in [4.69, 9.17) is 16.5 Å². The Hall–Kier alpha value is -1.24. The lowest BCUT2D eigenvalue weighted by atomic mass is 10.0. The zero-order valence-electron chi connectivity index (χ0n) is 11.4. The molecule has 1 aromatic heterocycles. The van der Waals surface area contributed by atoms with E-state index in [-0.39, 0.29) is 6.04 Å². The molecule has 0 unspecified atom stereocenters. The van der Waals surface area contributed by atoms with Gasteiger partial charge in [-0.05, 0) is 32.8 Å². The summed E-state index contributed by atoms with van der Waals surface area (Å²) in [5.74, 6) is 6.96. The predicted octanol–water partition coefficient (Wildman–Crippen LogP) is 3.23. The van der Waals surface area contributed by atoms with Gasteiger partial charge in [-0.1, -0.05) is 11.8 Å². The summed E-state index contributed by atoms with van der Waals surface area (Å²) in [6.07, 6.45) is 5.54. The highest BCUT2D eigenvalue weighted by molar-refractivity contribution is 6.26. The van der Waals surface area contributed by atoms with Crippen LogP contribution in [0.15, 0.2) is 18.5 Å². The number of rotatable bonds is 2. The molecule has 4 heteroatoms. The molecule has 1 fully saturated rings. The van der Waals surface area contributed by atoms with Gasteiger partial charge in [0.15, 0.2) is 0 Å². The molecule has 1 aliphatic rings. The Morgan fingerprint density at radius 2 is 2.16 bits per heavy atom. The Labute approximate surface area is 120 Å². The zero-order chi connectivity index (χ0) is 13.7. The smallest absolute Gasteiger partial charge is 0.0713 e. The number of anilines is 1. The van der Waals surface area contributed by atoms with Crippen molar-refractivity contribution in [2.75, 3.05) is 17.6 Å². The van der Waals surface area contributed by atoms with Gasteiger partial charge in [-0.15, -0.1) is 0 Å². The Bertz CT molecular complexity index is 473. The van der Waals surface area contributed by atoms with Crippen molar-refractivity contribution in [3.63, 3.8) is 0 Å².